The maximum absolute atomic E-state index is 11.9. The molecule has 1 aliphatic heterocycles. The second-order valence-electron chi connectivity index (χ2n) is 4.21. The standard InChI is InChI=1S/C12H12ClNO4S/c13-10-3-1-8(19-10)2-4-11(16)14-6-7(15)5-9(14)12(17)18/h1-4,7,9,15H,5-6H2,(H,17,18)/b4-2+. The number of aliphatic carboxylic acids is 1. The van der Waals surface area contributed by atoms with Gasteiger partial charge in [0.25, 0.3) is 0 Å². The van der Waals surface area contributed by atoms with Crippen LogP contribution in [0.4, 0.5) is 0 Å². The van der Waals surface area contributed by atoms with Gasteiger partial charge in [0.2, 0.25) is 5.91 Å². The minimum Gasteiger partial charge on any atom is -0.480 e. The quantitative estimate of drug-likeness (QED) is 0.829. The highest BCUT2D eigenvalue weighted by Gasteiger charge is 2.37. The van der Waals surface area contributed by atoms with Crippen LogP contribution in [0, 0.1) is 0 Å². The molecule has 0 aromatic carbocycles. The number of nitrogens with zero attached hydrogens (tertiary/aromatic N) is 1. The van der Waals surface area contributed by atoms with E-state index in [9.17, 15) is 14.7 Å². The molecule has 1 fully saturated rings. The van der Waals surface area contributed by atoms with Crippen LogP contribution >= 0.6 is 22.9 Å². The molecular formula is C12H12ClNO4S. The summed E-state index contributed by atoms with van der Waals surface area (Å²) in [6.45, 7) is 0.0470. The molecule has 102 valence electrons. The third kappa shape index (κ3) is 3.34. The monoisotopic (exact) mass is 301 g/mol. The SMILES string of the molecule is O=C(O)C1CC(O)CN1C(=O)/C=C/c1ccc(Cl)s1. The van der Waals surface area contributed by atoms with Crippen LogP contribution in [-0.2, 0) is 9.59 Å². The van der Waals surface area contributed by atoms with E-state index in [0.29, 0.717) is 4.34 Å². The number of β-amino-alcohol motifs (C(OH)–C–C–N with tert-alkyl or cyclic N) is 1. The largest absolute Gasteiger partial charge is 0.480 e. The molecule has 2 heterocycles. The summed E-state index contributed by atoms with van der Waals surface area (Å²) < 4.78 is 0.618. The van der Waals surface area contributed by atoms with E-state index in [-0.39, 0.29) is 13.0 Å². The lowest BCUT2D eigenvalue weighted by atomic mass is 10.2. The van der Waals surface area contributed by atoms with Crippen LogP contribution in [0.15, 0.2) is 18.2 Å². The number of aliphatic hydroxyl groups is 1. The van der Waals surface area contributed by atoms with Gasteiger partial charge in [-0.05, 0) is 18.2 Å². The molecule has 1 saturated heterocycles. The van der Waals surface area contributed by atoms with Gasteiger partial charge in [-0.2, -0.15) is 0 Å². The van der Waals surface area contributed by atoms with Crippen molar-refractivity contribution in [2.45, 2.75) is 18.6 Å². The Labute approximate surface area is 118 Å². The molecule has 7 heteroatoms. The van der Waals surface area contributed by atoms with Crippen LogP contribution in [0.1, 0.15) is 11.3 Å². The Kier molecular flexibility index (Phi) is 4.24. The molecule has 1 amide bonds. The zero-order chi connectivity index (χ0) is 14.0. The molecule has 1 aliphatic rings. The van der Waals surface area contributed by atoms with E-state index in [1.165, 1.54) is 22.3 Å². The van der Waals surface area contributed by atoms with Crippen molar-refractivity contribution >= 4 is 40.9 Å². The van der Waals surface area contributed by atoms with Gasteiger partial charge in [0.1, 0.15) is 6.04 Å². The molecule has 2 unspecified atom stereocenters. The predicted molar refractivity (Wildman–Crippen MR) is 72.1 cm³/mol. The van der Waals surface area contributed by atoms with E-state index in [1.807, 2.05) is 0 Å². The third-order valence-corrected chi connectivity index (χ3v) is 4.03. The molecule has 1 aromatic heterocycles. The number of rotatable bonds is 3. The second-order valence-corrected chi connectivity index (χ2v) is 5.96. The molecule has 0 radical (unpaired) electrons. The Morgan fingerprint density at radius 2 is 2.21 bits per heavy atom. The Bertz CT molecular complexity index is 528. The molecule has 0 aliphatic carbocycles. The van der Waals surface area contributed by atoms with E-state index in [2.05, 4.69) is 0 Å². The van der Waals surface area contributed by atoms with Crippen LogP contribution in [0.25, 0.3) is 6.08 Å². The van der Waals surface area contributed by atoms with Crippen molar-refractivity contribution in [2.24, 2.45) is 0 Å². The average Bonchev–Trinajstić information content (AvgIpc) is 2.92. The van der Waals surface area contributed by atoms with Crippen molar-refractivity contribution in [3.8, 4) is 0 Å². The van der Waals surface area contributed by atoms with Crippen LogP contribution in [-0.4, -0.2) is 45.7 Å². The van der Waals surface area contributed by atoms with Gasteiger partial charge in [-0.3, -0.25) is 4.79 Å². The fraction of sp³-hybridized carbons (Fsp3) is 0.333. The number of carbonyl (C=O) groups is 2. The van der Waals surface area contributed by atoms with Gasteiger partial charge in [-0.25, -0.2) is 4.79 Å². The first-order valence-corrected chi connectivity index (χ1v) is 6.81. The normalized spacial score (nSPS) is 23.2. The summed E-state index contributed by atoms with van der Waals surface area (Å²) in [7, 11) is 0. The fourth-order valence-electron chi connectivity index (χ4n) is 1.96. The van der Waals surface area contributed by atoms with E-state index < -0.39 is 24.0 Å². The number of carboxylic acid groups (broad SMARTS) is 1. The maximum Gasteiger partial charge on any atom is 0.326 e. The zero-order valence-electron chi connectivity index (χ0n) is 9.82. The van der Waals surface area contributed by atoms with Crippen molar-refractivity contribution in [2.75, 3.05) is 6.54 Å². The zero-order valence-corrected chi connectivity index (χ0v) is 11.4. The summed E-state index contributed by atoms with van der Waals surface area (Å²) in [4.78, 5) is 24.9. The highest BCUT2D eigenvalue weighted by atomic mass is 35.5. The Balaban J connectivity index is 2.06. The van der Waals surface area contributed by atoms with Crippen molar-refractivity contribution in [1.82, 2.24) is 4.90 Å². The first kappa shape index (κ1) is 14.0. The molecule has 2 atom stereocenters. The van der Waals surface area contributed by atoms with Gasteiger partial charge in [-0.15, -0.1) is 11.3 Å². The third-order valence-electron chi connectivity index (χ3n) is 2.83. The van der Waals surface area contributed by atoms with Gasteiger partial charge in [-0.1, -0.05) is 11.6 Å². The van der Waals surface area contributed by atoms with E-state index in [1.54, 1.807) is 18.2 Å². The lowest BCUT2D eigenvalue weighted by Crippen LogP contribution is -2.39. The molecule has 19 heavy (non-hydrogen) atoms. The van der Waals surface area contributed by atoms with E-state index >= 15 is 0 Å². The number of thiophene rings is 1. The summed E-state index contributed by atoms with van der Waals surface area (Å²) in [5, 5.41) is 18.5. The molecule has 5 nitrogen and oxygen atoms in total. The topological polar surface area (TPSA) is 77.8 Å². The summed E-state index contributed by atoms with van der Waals surface area (Å²) >= 11 is 7.09. The Morgan fingerprint density at radius 1 is 1.47 bits per heavy atom. The Morgan fingerprint density at radius 3 is 2.79 bits per heavy atom. The average molecular weight is 302 g/mol. The minimum atomic E-state index is -1.10. The van der Waals surface area contributed by atoms with Crippen molar-refractivity contribution in [3.63, 3.8) is 0 Å². The lowest BCUT2D eigenvalue weighted by Gasteiger charge is -2.19. The number of carboxylic acids is 1. The maximum atomic E-state index is 11.9. The minimum absolute atomic E-state index is 0.0470. The highest BCUT2D eigenvalue weighted by Crippen LogP contribution is 2.23. The number of aliphatic hydroxyl groups excluding tert-OH is 1. The van der Waals surface area contributed by atoms with Crippen molar-refractivity contribution in [1.29, 1.82) is 0 Å². The number of likely N-dealkylation sites (tertiary alicyclic amines) is 1. The second kappa shape index (κ2) is 5.73. The van der Waals surface area contributed by atoms with Crippen LogP contribution in [0.3, 0.4) is 0 Å². The van der Waals surface area contributed by atoms with Gasteiger partial charge >= 0.3 is 5.97 Å². The summed E-state index contributed by atoms with van der Waals surface area (Å²) in [6.07, 6.45) is 2.17. The summed E-state index contributed by atoms with van der Waals surface area (Å²) in [5.74, 6) is -1.52. The highest BCUT2D eigenvalue weighted by molar-refractivity contribution is 7.17. The molecule has 0 spiro atoms. The van der Waals surface area contributed by atoms with Gasteiger partial charge in [0.15, 0.2) is 0 Å². The molecule has 0 bridgehead atoms. The van der Waals surface area contributed by atoms with Gasteiger partial charge < -0.3 is 15.1 Å². The first-order valence-electron chi connectivity index (χ1n) is 5.62. The van der Waals surface area contributed by atoms with Gasteiger partial charge in [0, 0.05) is 23.9 Å². The number of carbonyl (C=O) groups excluding carboxylic acids is 1. The predicted octanol–water partition coefficient (Wildman–Crippen LogP) is 1.46. The van der Waals surface area contributed by atoms with E-state index in [0.717, 1.165) is 4.88 Å². The number of hydrogen-bond donors (Lipinski definition) is 2. The molecule has 1 aromatic rings. The molecule has 2 N–H and O–H groups in total. The smallest absolute Gasteiger partial charge is 0.326 e. The number of amides is 1. The Hall–Kier alpha value is -1.37. The van der Waals surface area contributed by atoms with Crippen LogP contribution < -0.4 is 0 Å². The molecular weight excluding hydrogens is 290 g/mol. The van der Waals surface area contributed by atoms with Crippen LogP contribution in [0.5, 0.6) is 0 Å². The fourth-order valence-corrected chi connectivity index (χ4v) is 2.92. The summed E-state index contributed by atoms with van der Waals surface area (Å²) in [5.41, 5.74) is 0. The number of hydrogen-bond acceptors (Lipinski definition) is 4. The van der Waals surface area contributed by atoms with Crippen molar-refractivity contribution in [3.05, 3.63) is 27.4 Å². The molecule has 2 rings (SSSR count). The number of halogens is 1. The van der Waals surface area contributed by atoms with Crippen molar-refractivity contribution < 1.29 is 19.8 Å². The van der Waals surface area contributed by atoms with E-state index in [4.69, 9.17) is 16.7 Å². The van der Waals surface area contributed by atoms with Crippen LogP contribution in [0.2, 0.25) is 4.34 Å². The lowest BCUT2D eigenvalue weighted by molar-refractivity contribution is -0.146. The summed E-state index contributed by atoms with van der Waals surface area (Å²) in [6, 6.07) is 2.53. The first-order chi connectivity index (χ1) is 8.97. The van der Waals surface area contributed by atoms with Gasteiger partial charge in [0.05, 0.1) is 10.4 Å². The molecule has 0 saturated carbocycles.